The minimum Gasteiger partial charge on any atom is -0.477 e. The van der Waals surface area contributed by atoms with Gasteiger partial charge in [0.2, 0.25) is 0 Å². The largest absolute Gasteiger partial charge is 0.477 e. The maximum atomic E-state index is 12.6. The Balaban J connectivity index is 0.000000240. The van der Waals surface area contributed by atoms with Crippen LogP contribution in [-0.4, -0.2) is 152 Å². The van der Waals surface area contributed by atoms with E-state index in [1.54, 1.807) is 20.3 Å². The summed E-state index contributed by atoms with van der Waals surface area (Å²) in [6, 6.07) is 7.18. The number of methoxy groups -OCH3 is 2. The lowest BCUT2D eigenvalue weighted by Gasteiger charge is -2.41. The Morgan fingerprint density at radius 2 is 1.20 bits per heavy atom. The van der Waals surface area contributed by atoms with Crippen molar-refractivity contribution < 1.29 is 54.2 Å². The average Bonchev–Trinajstić information content (AvgIpc) is 3.27. The number of nitrogens with two attached hydrogens (primary N) is 1. The molecule has 0 saturated carbocycles. The molecule has 2 fully saturated rings. The number of hydrogen-bond donors (Lipinski definition) is 6. The molecule has 2 aliphatic carbocycles. The summed E-state index contributed by atoms with van der Waals surface area (Å²) in [5.74, 6) is -1.89. The van der Waals surface area contributed by atoms with Gasteiger partial charge in [0.05, 0.1) is 48.0 Å². The number of nitrogens with zero attached hydrogens (tertiary/aromatic N) is 6. The number of nitriles is 2. The SMILES string of the molecule is COC1(C)CCN(C2=C(C#N)C(=O)Cc3cnc(C(=O)CCC(O)CO)cc32)CC1.COC1(C)CCN(C2=C(C#N)C(=O)Cc3cnc(C(=O)O)cc32)CC1.NCC(O)CO. The third-order valence-electron chi connectivity index (χ3n) is 11.6. The summed E-state index contributed by atoms with van der Waals surface area (Å²) in [6.07, 6.45) is 4.63. The van der Waals surface area contributed by atoms with Gasteiger partial charge >= 0.3 is 5.97 Å². The summed E-state index contributed by atoms with van der Waals surface area (Å²) in [5.41, 5.74) is 8.49. The third kappa shape index (κ3) is 11.7. The smallest absolute Gasteiger partial charge is 0.354 e. The first-order valence-electron chi connectivity index (χ1n) is 20.0. The van der Waals surface area contributed by atoms with E-state index in [0.717, 1.165) is 25.7 Å². The van der Waals surface area contributed by atoms with Crippen molar-refractivity contribution in [1.82, 2.24) is 19.8 Å². The van der Waals surface area contributed by atoms with Crippen molar-refractivity contribution in [3.8, 4) is 12.1 Å². The second kappa shape index (κ2) is 21.4. The van der Waals surface area contributed by atoms with Crippen LogP contribution >= 0.6 is 0 Å². The fourth-order valence-electron chi connectivity index (χ4n) is 7.31. The van der Waals surface area contributed by atoms with Crippen LogP contribution in [0.5, 0.6) is 0 Å². The monoisotopic (exact) mass is 845 g/mol. The van der Waals surface area contributed by atoms with E-state index in [4.69, 9.17) is 30.5 Å². The third-order valence-corrected chi connectivity index (χ3v) is 11.6. The molecule has 7 N–H and O–H groups in total. The lowest BCUT2D eigenvalue weighted by Crippen LogP contribution is -2.43. The molecule has 2 aromatic rings. The molecule has 6 rings (SSSR count). The maximum absolute atomic E-state index is 12.6. The van der Waals surface area contributed by atoms with Gasteiger partial charge in [-0.3, -0.25) is 19.4 Å². The molecule has 0 spiro atoms. The number of aliphatic hydroxyl groups excluding tert-OH is 4. The number of piperidine rings is 2. The molecule has 0 aromatic carbocycles. The van der Waals surface area contributed by atoms with Crippen LogP contribution in [0.3, 0.4) is 0 Å². The molecule has 18 nitrogen and oxygen atoms in total. The summed E-state index contributed by atoms with van der Waals surface area (Å²) < 4.78 is 11.1. The van der Waals surface area contributed by atoms with Gasteiger partial charge in [0.25, 0.3) is 0 Å². The van der Waals surface area contributed by atoms with Gasteiger partial charge in [-0.15, -0.1) is 0 Å². The van der Waals surface area contributed by atoms with Crippen LogP contribution in [-0.2, 0) is 31.9 Å². The zero-order valence-electron chi connectivity index (χ0n) is 35.0. The van der Waals surface area contributed by atoms with Gasteiger partial charge in [0, 0.05) is 89.7 Å². The Hall–Kier alpha value is -5.44. The minimum absolute atomic E-state index is 0.0481. The van der Waals surface area contributed by atoms with Gasteiger partial charge < -0.3 is 50.5 Å². The van der Waals surface area contributed by atoms with E-state index in [1.807, 2.05) is 29.7 Å². The van der Waals surface area contributed by atoms with Crippen molar-refractivity contribution >= 4 is 34.7 Å². The molecule has 4 aliphatic rings. The highest BCUT2D eigenvalue weighted by atomic mass is 16.5. The van der Waals surface area contributed by atoms with E-state index in [1.165, 1.54) is 18.5 Å². The Morgan fingerprint density at radius 3 is 1.54 bits per heavy atom. The summed E-state index contributed by atoms with van der Waals surface area (Å²) in [7, 11) is 3.37. The zero-order chi connectivity index (χ0) is 45.1. The standard InChI is InChI=1S/C22H27N3O5.C18H19N3O4.C3H9NO2/c1-22(30-2)5-7-25(8-6-22)21-16-10-18(19(28)4-3-15(27)13-26)24-12-14(16)9-20(29)17(21)11-23;1-18(25-2)3-5-21(6-4-18)16-12-8-14(17(23)24)20-10-11(12)7-15(22)13(16)9-19;4-1-3(6)2-5/h10,12,15,26-27H,3-9,13H2,1-2H3;8,10H,3-7H2,1-2H3,(H,23,24);3,5-6H,1-2,4H2. The number of fused-ring (bicyclic) bond motifs is 2. The Kier molecular flexibility index (Phi) is 16.9. The maximum Gasteiger partial charge on any atom is 0.354 e. The quantitative estimate of drug-likeness (QED) is 0.164. The second-order valence-corrected chi connectivity index (χ2v) is 15.8. The van der Waals surface area contributed by atoms with Crippen LogP contribution in [0.15, 0.2) is 35.7 Å². The van der Waals surface area contributed by atoms with Gasteiger partial charge in [-0.2, -0.15) is 10.5 Å². The molecule has 0 amide bonds. The molecular formula is C43H55N7O11. The number of rotatable bonds is 12. The van der Waals surface area contributed by atoms with Gasteiger partial charge in [-0.05, 0) is 69.2 Å². The van der Waals surface area contributed by atoms with Crippen molar-refractivity contribution in [2.45, 2.75) is 88.6 Å². The van der Waals surface area contributed by atoms with E-state index in [-0.39, 0.29) is 89.9 Å². The number of carboxylic acids is 1. The lowest BCUT2D eigenvalue weighted by atomic mass is 9.86. The summed E-state index contributed by atoms with van der Waals surface area (Å²) in [4.78, 5) is 60.9. The number of aromatic nitrogens is 2. The molecule has 2 aliphatic heterocycles. The molecule has 0 radical (unpaired) electrons. The van der Waals surface area contributed by atoms with Gasteiger partial charge in [0.1, 0.15) is 34.7 Å². The van der Waals surface area contributed by atoms with Gasteiger partial charge in [-0.1, -0.05) is 0 Å². The van der Waals surface area contributed by atoms with Crippen molar-refractivity contribution in [3.63, 3.8) is 0 Å². The normalized spacial score (nSPS) is 18.9. The van der Waals surface area contributed by atoms with Gasteiger partial charge in [0.15, 0.2) is 17.3 Å². The lowest BCUT2D eigenvalue weighted by molar-refractivity contribution is -0.115. The minimum atomic E-state index is -1.14. The van der Waals surface area contributed by atoms with Gasteiger partial charge in [-0.25, -0.2) is 9.78 Å². The highest BCUT2D eigenvalue weighted by Gasteiger charge is 2.37. The number of aromatic carboxylic acids is 1. The fraction of sp³-hybridized carbons (Fsp3) is 0.535. The van der Waals surface area contributed by atoms with Crippen molar-refractivity contribution in [1.29, 1.82) is 10.5 Å². The molecule has 61 heavy (non-hydrogen) atoms. The Morgan fingerprint density at radius 1 is 0.787 bits per heavy atom. The second-order valence-electron chi connectivity index (χ2n) is 15.8. The first-order valence-corrected chi connectivity index (χ1v) is 20.0. The van der Waals surface area contributed by atoms with E-state index < -0.39 is 24.8 Å². The number of hydrogen-bond acceptors (Lipinski definition) is 17. The number of carboxylic acid groups (broad SMARTS) is 1. The molecule has 2 aromatic heterocycles. The first kappa shape index (κ1) is 48.2. The van der Waals surface area contributed by atoms with Crippen LogP contribution < -0.4 is 5.73 Å². The van der Waals surface area contributed by atoms with E-state index >= 15 is 0 Å². The van der Waals surface area contributed by atoms with Crippen LogP contribution in [0.2, 0.25) is 0 Å². The number of carbonyl (C=O) groups is 4. The highest BCUT2D eigenvalue weighted by Crippen LogP contribution is 2.38. The number of likely N-dealkylation sites (tertiary alicyclic amines) is 2. The van der Waals surface area contributed by atoms with Crippen LogP contribution in [0.25, 0.3) is 11.4 Å². The number of allylic oxidation sites excluding steroid dienone is 2. The number of ketones is 3. The molecule has 2 atom stereocenters. The fourth-order valence-corrected chi connectivity index (χ4v) is 7.31. The number of aliphatic hydroxyl groups is 4. The summed E-state index contributed by atoms with van der Waals surface area (Å²) in [5, 5.41) is 63.1. The van der Waals surface area contributed by atoms with Crippen molar-refractivity contribution in [2.75, 3.05) is 60.2 Å². The van der Waals surface area contributed by atoms with E-state index in [9.17, 15) is 39.9 Å². The van der Waals surface area contributed by atoms with Crippen LogP contribution in [0, 0.1) is 22.7 Å². The van der Waals surface area contributed by atoms with Crippen molar-refractivity contribution in [2.24, 2.45) is 5.73 Å². The van der Waals surface area contributed by atoms with Crippen LogP contribution in [0.4, 0.5) is 0 Å². The summed E-state index contributed by atoms with van der Waals surface area (Å²) in [6.45, 7) is 6.10. The van der Waals surface area contributed by atoms with Crippen molar-refractivity contribution in [3.05, 3.63) is 69.3 Å². The molecule has 0 bridgehead atoms. The molecule has 18 heteroatoms. The average molecular weight is 846 g/mol. The van der Waals surface area contributed by atoms with E-state index in [0.29, 0.717) is 59.8 Å². The topological polar surface area (TPSA) is 294 Å². The summed E-state index contributed by atoms with van der Waals surface area (Å²) >= 11 is 0. The Bertz CT molecular complexity index is 2100. The molecule has 328 valence electrons. The molecule has 2 unspecified atom stereocenters. The predicted molar refractivity (Wildman–Crippen MR) is 219 cm³/mol. The zero-order valence-corrected chi connectivity index (χ0v) is 35.0. The Labute approximate surface area is 354 Å². The molecule has 2 saturated heterocycles. The number of carbonyl (C=O) groups excluding carboxylic acids is 3. The highest BCUT2D eigenvalue weighted by molar-refractivity contribution is 6.11. The predicted octanol–water partition coefficient (Wildman–Crippen LogP) is 1.20. The van der Waals surface area contributed by atoms with E-state index in [2.05, 4.69) is 16.0 Å². The number of ether oxygens (including phenoxy) is 2. The number of Topliss-reactive ketones (excluding diaryl/α,β-unsaturated/α-hetero) is 3. The molecular weight excluding hydrogens is 791 g/mol. The molecule has 4 heterocycles. The van der Waals surface area contributed by atoms with Crippen LogP contribution in [0.1, 0.15) is 95.6 Å². The number of pyridine rings is 2. The first-order chi connectivity index (χ1) is 29.0.